The van der Waals surface area contributed by atoms with Gasteiger partial charge in [0.05, 0.1) is 0 Å². The minimum atomic E-state index is 0.335. The molecule has 1 aliphatic heterocycles. The first-order valence-electron chi connectivity index (χ1n) is 4.47. The van der Waals surface area contributed by atoms with E-state index in [2.05, 4.69) is 13.8 Å². The summed E-state index contributed by atoms with van der Waals surface area (Å²) in [6.07, 6.45) is 2.27. The molecule has 2 heteroatoms. The molecular formula is C9H17ClO. The molecule has 1 heterocycles. The number of ether oxygens (including phenoxy) is 1. The second-order valence-electron chi connectivity index (χ2n) is 3.41. The summed E-state index contributed by atoms with van der Waals surface area (Å²) in [4.78, 5) is 0. The lowest BCUT2D eigenvalue weighted by Crippen LogP contribution is -2.20. The molecule has 0 aromatic rings. The van der Waals surface area contributed by atoms with Crippen LogP contribution in [0.1, 0.15) is 26.7 Å². The highest BCUT2D eigenvalue weighted by atomic mass is 35.5. The molecule has 0 amide bonds. The van der Waals surface area contributed by atoms with Crippen molar-refractivity contribution in [2.45, 2.75) is 32.1 Å². The van der Waals surface area contributed by atoms with Gasteiger partial charge in [0.25, 0.3) is 0 Å². The minimum absolute atomic E-state index is 0.335. The first kappa shape index (κ1) is 9.34. The minimum Gasteiger partial charge on any atom is -0.381 e. The molecule has 1 nitrogen and oxygen atoms in total. The zero-order valence-electron chi connectivity index (χ0n) is 7.35. The van der Waals surface area contributed by atoms with Gasteiger partial charge in [0, 0.05) is 18.6 Å². The summed E-state index contributed by atoms with van der Waals surface area (Å²) in [5.41, 5.74) is 0. The van der Waals surface area contributed by atoms with E-state index in [9.17, 15) is 0 Å². The molecular weight excluding hydrogens is 160 g/mol. The Morgan fingerprint density at radius 2 is 2.36 bits per heavy atom. The molecule has 1 fully saturated rings. The summed E-state index contributed by atoms with van der Waals surface area (Å²) in [6, 6.07) is 0. The summed E-state index contributed by atoms with van der Waals surface area (Å²) < 4.78 is 5.31. The van der Waals surface area contributed by atoms with Gasteiger partial charge >= 0.3 is 0 Å². The lowest BCUT2D eigenvalue weighted by atomic mass is 9.89. The molecule has 0 aromatic carbocycles. The number of hydrogen-bond acceptors (Lipinski definition) is 1. The molecule has 0 aromatic heterocycles. The van der Waals surface area contributed by atoms with Crippen LogP contribution in [0.2, 0.25) is 0 Å². The molecule has 0 bridgehead atoms. The number of hydrogen-bond donors (Lipinski definition) is 0. The highest BCUT2D eigenvalue weighted by Crippen LogP contribution is 2.28. The van der Waals surface area contributed by atoms with Crippen molar-refractivity contribution in [3.05, 3.63) is 0 Å². The SMILES string of the molecule is CCC(Cl)C(C)C1CCOC1. The van der Waals surface area contributed by atoms with Crippen LogP contribution in [0.15, 0.2) is 0 Å². The average molecular weight is 177 g/mol. The summed E-state index contributed by atoms with van der Waals surface area (Å²) >= 11 is 6.14. The third kappa shape index (κ3) is 2.34. The summed E-state index contributed by atoms with van der Waals surface area (Å²) in [5.74, 6) is 1.32. The van der Waals surface area contributed by atoms with Crippen molar-refractivity contribution in [3.8, 4) is 0 Å². The lowest BCUT2D eigenvalue weighted by molar-refractivity contribution is 0.173. The third-order valence-corrected chi connectivity index (χ3v) is 3.38. The fourth-order valence-corrected chi connectivity index (χ4v) is 1.84. The quantitative estimate of drug-likeness (QED) is 0.601. The van der Waals surface area contributed by atoms with Gasteiger partial charge in [0.1, 0.15) is 0 Å². The normalized spacial score (nSPS) is 30.3. The Hall–Kier alpha value is 0.250. The van der Waals surface area contributed by atoms with Crippen LogP contribution in [-0.2, 0) is 4.74 Å². The average Bonchev–Trinajstić information content (AvgIpc) is 2.53. The lowest BCUT2D eigenvalue weighted by Gasteiger charge is -2.21. The maximum Gasteiger partial charge on any atom is 0.0498 e. The van der Waals surface area contributed by atoms with Crippen molar-refractivity contribution in [3.63, 3.8) is 0 Å². The van der Waals surface area contributed by atoms with E-state index in [1.54, 1.807) is 0 Å². The predicted octanol–water partition coefficient (Wildman–Crippen LogP) is 2.68. The van der Waals surface area contributed by atoms with Crippen LogP contribution in [0.25, 0.3) is 0 Å². The molecule has 0 radical (unpaired) electrons. The molecule has 0 saturated carbocycles. The van der Waals surface area contributed by atoms with Gasteiger partial charge in [-0.15, -0.1) is 11.6 Å². The number of rotatable bonds is 3. The monoisotopic (exact) mass is 176 g/mol. The Morgan fingerprint density at radius 1 is 1.64 bits per heavy atom. The standard InChI is InChI=1S/C9H17ClO/c1-3-9(10)7(2)8-4-5-11-6-8/h7-9H,3-6H2,1-2H3. The van der Waals surface area contributed by atoms with E-state index < -0.39 is 0 Å². The molecule has 1 aliphatic rings. The van der Waals surface area contributed by atoms with Crippen LogP contribution in [-0.4, -0.2) is 18.6 Å². The molecule has 0 aliphatic carbocycles. The first-order valence-corrected chi connectivity index (χ1v) is 4.91. The molecule has 1 rings (SSSR count). The van der Waals surface area contributed by atoms with Gasteiger partial charge in [-0.25, -0.2) is 0 Å². The van der Waals surface area contributed by atoms with E-state index in [1.807, 2.05) is 0 Å². The van der Waals surface area contributed by atoms with Crippen LogP contribution in [0.3, 0.4) is 0 Å². The Kier molecular flexibility index (Phi) is 3.67. The summed E-state index contributed by atoms with van der Waals surface area (Å²) in [5, 5.41) is 0.335. The van der Waals surface area contributed by atoms with Gasteiger partial charge < -0.3 is 4.74 Å². The van der Waals surface area contributed by atoms with E-state index in [-0.39, 0.29) is 0 Å². The largest absolute Gasteiger partial charge is 0.381 e. The molecule has 3 atom stereocenters. The molecule has 0 spiro atoms. The second-order valence-corrected chi connectivity index (χ2v) is 3.97. The van der Waals surface area contributed by atoms with E-state index in [0.717, 1.165) is 19.6 Å². The zero-order valence-corrected chi connectivity index (χ0v) is 8.10. The molecule has 0 N–H and O–H groups in total. The van der Waals surface area contributed by atoms with Crippen LogP contribution in [0.5, 0.6) is 0 Å². The number of halogens is 1. The van der Waals surface area contributed by atoms with Crippen molar-refractivity contribution in [1.29, 1.82) is 0 Å². The van der Waals surface area contributed by atoms with Crippen molar-refractivity contribution < 1.29 is 4.74 Å². The van der Waals surface area contributed by atoms with E-state index in [1.165, 1.54) is 6.42 Å². The Morgan fingerprint density at radius 3 is 2.82 bits per heavy atom. The Bertz CT molecular complexity index is 110. The zero-order chi connectivity index (χ0) is 8.27. The molecule has 1 saturated heterocycles. The van der Waals surface area contributed by atoms with Gasteiger partial charge in [-0.1, -0.05) is 13.8 Å². The second kappa shape index (κ2) is 4.32. The van der Waals surface area contributed by atoms with Crippen molar-refractivity contribution in [2.24, 2.45) is 11.8 Å². The van der Waals surface area contributed by atoms with Gasteiger partial charge in [-0.3, -0.25) is 0 Å². The molecule has 66 valence electrons. The Labute approximate surface area is 74.1 Å². The molecule has 11 heavy (non-hydrogen) atoms. The van der Waals surface area contributed by atoms with Gasteiger partial charge in [-0.2, -0.15) is 0 Å². The maximum absolute atomic E-state index is 6.14. The first-order chi connectivity index (χ1) is 5.25. The van der Waals surface area contributed by atoms with Crippen molar-refractivity contribution in [1.82, 2.24) is 0 Å². The van der Waals surface area contributed by atoms with E-state index in [0.29, 0.717) is 17.2 Å². The van der Waals surface area contributed by atoms with Crippen LogP contribution >= 0.6 is 11.6 Å². The van der Waals surface area contributed by atoms with E-state index >= 15 is 0 Å². The van der Waals surface area contributed by atoms with E-state index in [4.69, 9.17) is 16.3 Å². The van der Waals surface area contributed by atoms with Crippen LogP contribution in [0.4, 0.5) is 0 Å². The summed E-state index contributed by atoms with van der Waals surface area (Å²) in [7, 11) is 0. The fraction of sp³-hybridized carbons (Fsp3) is 1.00. The van der Waals surface area contributed by atoms with Crippen molar-refractivity contribution in [2.75, 3.05) is 13.2 Å². The smallest absolute Gasteiger partial charge is 0.0498 e. The third-order valence-electron chi connectivity index (χ3n) is 2.67. The van der Waals surface area contributed by atoms with Gasteiger partial charge in [0.2, 0.25) is 0 Å². The maximum atomic E-state index is 6.14. The highest BCUT2D eigenvalue weighted by Gasteiger charge is 2.26. The van der Waals surface area contributed by atoms with Crippen LogP contribution in [0, 0.1) is 11.8 Å². The fourth-order valence-electron chi connectivity index (χ4n) is 1.63. The van der Waals surface area contributed by atoms with Gasteiger partial charge in [-0.05, 0) is 24.7 Å². The predicted molar refractivity (Wildman–Crippen MR) is 48.0 cm³/mol. The molecule has 3 unspecified atom stereocenters. The van der Waals surface area contributed by atoms with Crippen LogP contribution < -0.4 is 0 Å². The summed E-state index contributed by atoms with van der Waals surface area (Å²) in [6.45, 7) is 6.23. The highest BCUT2D eigenvalue weighted by molar-refractivity contribution is 6.20. The topological polar surface area (TPSA) is 9.23 Å². The van der Waals surface area contributed by atoms with Gasteiger partial charge in [0.15, 0.2) is 0 Å². The Balaban J connectivity index is 2.32. The van der Waals surface area contributed by atoms with Crippen molar-refractivity contribution >= 4 is 11.6 Å². The number of alkyl halides is 1.